The van der Waals surface area contributed by atoms with E-state index in [4.69, 9.17) is 4.98 Å². The predicted octanol–water partition coefficient (Wildman–Crippen LogP) is 2.76. The van der Waals surface area contributed by atoms with Crippen molar-refractivity contribution < 1.29 is 14.7 Å². The molecule has 3 aromatic rings. The lowest BCUT2D eigenvalue weighted by molar-refractivity contribution is -0.126. The van der Waals surface area contributed by atoms with Gasteiger partial charge in [-0.3, -0.25) is 9.59 Å². The number of allylic oxidation sites excluding steroid dienone is 3. The number of carbonyl (C=O) groups is 2. The first-order valence-electron chi connectivity index (χ1n) is 12.7. The van der Waals surface area contributed by atoms with Gasteiger partial charge in [0.15, 0.2) is 18.7 Å². The number of phenolic OH excluding ortho intramolecular Hbond substituents is 1. The number of rotatable bonds is 9. The SMILES string of the molecule is CBc1cnn2c(NCCCCNC(=O)C3CC(=O)C4=C3C=CCC4)cc(-c3ccccc3O)nc12. The average molecular weight is 483 g/mol. The second-order valence-corrected chi connectivity index (χ2v) is 9.28. The van der Waals surface area contributed by atoms with Crippen LogP contribution >= 0.6 is 0 Å². The lowest BCUT2D eigenvalue weighted by Crippen LogP contribution is -2.31. The van der Waals surface area contributed by atoms with E-state index in [0.717, 1.165) is 61.0 Å². The number of aromatic hydroxyl groups is 1. The molecule has 1 aromatic carbocycles. The van der Waals surface area contributed by atoms with E-state index in [-0.39, 0.29) is 23.4 Å². The molecule has 2 aliphatic carbocycles. The van der Waals surface area contributed by atoms with Gasteiger partial charge in [-0.05, 0) is 54.4 Å². The Morgan fingerprint density at radius 2 is 2.08 bits per heavy atom. The number of fused-ring (bicyclic) bond motifs is 1. The molecule has 0 saturated carbocycles. The van der Waals surface area contributed by atoms with Gasteiger partial charge in [0, 0.05) is 37.3 Å². The Morgan fingerprint density at radius 1 is 1.25 bits per heavy atom. The van der Waals surface area contributed by atoms with Crippen molar-refractivity contribution in [2.75, 3.05) is 18.4 Å². The highest BCUT2D eigenvalue weighted by molar-refractivity contribution is 6.54. The van der Waals surface area contributed by atoms with Crippen LogP contribution in [0.3, 0.4) is 0 Å². The molecule has 9 heteroatoms. The number of unbranched alkanes of at least 4 members (excludes halogenated alkanes) is 1. The monoisotopic (exact) mass is 483 g/mol. The van der Waals surface area contributed by atoms with Crippen LogP contribution in [0.25, 0.3) is 16.9 Å². The highest BCUT2D eigenvalue weighted by atomic mass is 16.3. The van der Waals surface area contributed by atoms with Crippen LogP contribution in [0.4, 0.5) is 5.82 Å². The summed E-state index contributed by atoms with van der Waals surface area (Å²) in [5, 5.41) is 21.3. The number of carbonyl (C=O) groups excluding carboxylic acids is 2. The van der Waals surface area contributed by atoms with E-state index in [0.29, 0.717) is 30.8 Å². The topological polar surface area (TPSA) is 109 Å². The number of nitrogens with zero attached hydrogens (tertiary/aromatic N) is 3. The average Bonchev–Trinajstić information content (AvgIpc) is 3.47. The number of ketones is 1. The van der Waals surface area contributed by atoms with Crippen LogP contribution in [0.1, 0.15) is 32.1 Å². The van der Waals surface area contributed by atoms with Crippen molar-refractivity contribution in [1.29, 1.82) is 0 Å². The standard InChI is InChI=1S/C27H30BN5O3/c1-28-21-16-31-33-25(15-22(32-26(21)33)19-10-4-5-11-23(19)34)29-12-6-7-13-30-27(36)20-14-24(35)18-9-3-2-8-17(18)20/h2,4-5,8,10-11,15-16,20,28-29,34H,3,6-7,9,12-14H2,1H3,(H,30,36). The molecule has 0 saturated heterocycles. The fraction of sp³-hybridized carbons (Fsp3) is 0.333. The Labute approximate surface area is 210 Å². The number of benzene rings is 1. The summed E-state index contributed by atoms with van der Waals surface area (Å²) in [5.41, 5.74) is 4.92. The summed E-state index contributed by atoms with van der Waals surface area (Å²) < 4.78 is 1.80. The van der Waals surface area contributed by atoms with Gasteiger partial charge in [-0.15, -0.1) is 0 Å². The zero-order valence-electron chi connectivity index (χ0n) is 20.5. The summed E-state index contributed by atoms with van der Waals surface area (Å²) in [5.74, 6) is 0.710. The Hall–Kier alpha value is -3.88. The molecule has 2 aliphatic rings. The molecule has 3 N–H and O–H groups in total. The second kappa shape index (κ2) is 10.4. The number of Topliss-reactive ketones (excluding diaryl/α,β-unsaturated/α-hetero) is 1. The molecule has 2 aromatic heterocycles. The number of amides is 1. The molecule has 0 fully saturated rings. The molecule has 1 atom stereocenters. The van der Waals surface area contributed by atoms with E-state index in [1.54, 1.807) is 16.6 Å². The summed E-state index contributed by atoms with van der Waals surface area (Å²) in [7, 11) is 0.806. The number of hydrogen-bond acceptors (Lipinski definition) is 6. The number of nitrogens with one attached hydrogen (secondary N) is 2. The first kappa shape index (κ1) is 23.8. The van der Waals surface area contributed by atoms with Crippen molar-refractivity contribution in [2.45, 2.75) is 38.9 Å². The van der Waals surface area contributed by atoms with Crippen molar-refractivity contribution >= 4 is 35.9 Å². The van der Waals surface area contributed by atoms with Crippen molar-refractivity contribution in [3.8, 4) is 17.0 Å². The van der Waals surface area contributed by atoms with Gasteiger partial charge in [0.25, 0.3) is 0 Å². The van der Waals surface area contributed by atoms with E-state index in [1.807, 2.05) is 36.5 Å². The largest absolute Gasteiger partial charge is 0.507 e. The Kier molecular flexibility index (Phi) is 6.89. The van der Waals surface area contributed by atoms with Gasteiger partial charge in [-0.25, -0.2) is 4.98 Å². The molecule has 0 spiro atoms. The van der Waals surface area contributed by atoms with Crippen LogP contribution in [-0.4, -0.2) is 51.8 Å². The van der Waals surface area contributed by atoms with Crippen molar-refractivity contribution in [3.05, 3.63) is 59.8 Å². The van der Waals surface area contributed by atoms with Gasteiger partial charge in [-0.2, -0.15) is 9.61 Å². The van der Waals surface area contributed by atoms with Crippen molar-refractivity contribution in [3.63, 3.8) is 0 Å². The maximum atomic E-state index is 12.7. The number of aromatic nitrogens is 3. The molecule has 36 heavy (non-hydrogen) atoms. The fourth-order valence-electron chi connectivity index (χ4n) is 4.98. The Bertz CT molecular complexity index is 1380. The quantitative estimate of drug-likeness (QED) is 0.319. The van der Waals surface area contributed by atoms with Crippen LogP contribution in [0.5, 0.6) is 5.75 Å². The molecule has 0 aliphatic heterocycles. The Morgan fingerprint density at radius 3 is 2.92 bits per heavy atom. The maximum absolute atomic E-state index is 12.7. The molecule has 5 rings (SSSR count). The lowest BCUT2D eigenvalue weighted by Gasteiger charge is -2.15. The summed E-state index contributed by atoms with van der Waals surface area (Å²) in [6.07, 6.45) is 9.41. The third-order valence-corrected chi connectivity index (χ3v) is 6.94. The number of phenols is 1. The van der Waals surface area contributed by atoms with E-state index in [2.05, 4.69) is 22.6 Å². The van der Waals surface area contributed by atoms with Crippen molar-refractivity contribution in [1.82, 2.24) is 19.9 Å². The fourth-order valence-corrected chi connectivity index (χ4v) is 4.98. The molecule has 8 nitrogen and oxygen atoms in total. The number of para-hydroxylation sites is 1. The van der Waals surface area contributed by atoms with E-state index < -0.39 is 0 Å². The predicted molar refractivity (Wildman–Crippen MR) is 142 cm³/mol. The lowest BCUT2D eigenvalue weighted by atomic mass is 9.75. The molecule has 0 bridgehead atoms. The normalized spacial score (nSPS) is 16.9. The molecular formula is C27H30BN5O3. The van der Waals surface area contributed by atoms with E-state index in [1.165, 1.54) is 0 Å². The van der Waals surface area contributed by atoms with Gasteiger partial charge in [0.2, 0.25) is 5.91 Å². The summed E-state index contributed by atoms with van der Waals surface area (Å²) >= 11 is 0. The summed E-state index contributed by atoms with van der Waals surface area (Å²) in [6, 6.07) is 9.07. The number of anilines is 1. The molecule has 184 valence electrons. The Balaban J connectivity index is 1.19. The van der Waals surface area contributed by atoms with Gasteiger partial charge in [0.05, 0.1) is 11.6 Å². The van der Waals surface area contributed by atoms with E-state index in [9.17, 15) is 14.7 Å². The van der Waals surface area contributed by atoms with Crippen molar-refractivity contribution in [2.24, 2.45) is 5.92 Å². The first-order chi connectivity index (χ1) is 17.6. The zero-order valence-corrected chi connectivity index (χ0v) is 20.5. The first-order valence-corrected chi connectivity index (χ1v) is 12.7. The van der Waals surface area contributed by atoms with Crippen LogP contribution in [0, 0.1) is 5.92 Å². The third-order valence-electron chi connectivity index (χ3n) is 6.94. The number of hydrogen-bond donors (Lipinski definition) is 3. The molecular weight excluding hydrogens is 453 g/mol. The zero-order chi connectivity index (χ0) is 25.1. The van der Waals surface area contributed by atoms with E-state index >= 15 is 0 Å². The third kappa shape index (κ3) is 4.65. The summed E-state index contributed by atoms with van der Waals surface area (Å²) in [4.78, 5) is 29.7. The van der Waals surface area contributed by atoms with Crippen LogP contribution in [0.2, 0.25) is 6.82 Å². The molecule has 1 unspecified atom stereocenters. The van der Waals surface area contributed by atoms with Gasteiger partial charge < -0.3 is 15.7 Å². The molecule has 1 amide bonds. The maximum Gasteiger partial charge on any atom is 0.228 e. The minimum atomic E-state index is -0.340. The van der Waals surface area contributed by atoms with Crippen LogP contribution in [-0.2, 0) is 9.59 Å². The second-order valence-electron chi connectivity index (χ2n) is 9.28. The van der Waals surface area contributed by atoms with Gasteiger partial charge in [0.1, 0.15) is 11.6 Å². The molecule has 0 radical (unpaired) electrons. The summed E-state index contributed by atoms with van der Waals surface area (Å²) in [6.45, 7) is 3.32. The van der Waals surface area contributed by atoms with Crippen LogP contribution < -0.4 is 16.1 Å². The smallest absolute Gasteiger partial charge is 0.228 e. The molecule has 2 heterocycles. The minimum absolute atomic E-state index is 0.0559. The minimum Gasteiger partial charge on any atom is -0.507 e. The van der Waals surface area contributed by atoms with Gasteiger partial charge in [-0.1, -0.05) is 31.1 Å². The van der Waals surface area contributed by atoms with Gasteiger partial charge >= 0.3 is 0 Å². The van der Waals surface area contributed by atoms with Crippen LogP contribution in [0.15, 0.2) is 59.8 Å². The highest BCUT2D eigenvalue weighted by Gasteiger charge is 2.35. The highest BCUT2D eigenvalue weighted by Crippen LogP contribution is 2.35.